The Morgan fingerprint density at radius 3 is 2.71 bits per heavy atom. The van der Waals surface area contributed by atoms with Crippen LogP contribution >= 0.6 is 11.6 Å². The molecule has 0 saturated carbocycles. The first-order valence-electron chi connectivity index (χ1n) is 4.51. The van der Waals surface area contributed by atoms with E-state index >= 15 is 0 Å². The van der Waals surface area contributed by atoms with Crippen molar-refractivity contribution in [3.63, 3.8) is 0 Å². The minimum absolute atomic E-state index is 0.195. The molecule has 0 bridgehead atoms. The van der Waals surface area contributed by atoms with Gasteiger partial charge in [0.2, 0.25) is 0 Å². The Kier molecular flexibility index (Phi) is 3.89. The van der Waals surface area contributed by atoms with E-state index in [2.05, 4.69) is 0 Å². The maximum atomic E-state index is 10.7. The summed E-state index contributed by atoms with van der Waals surface area (Å²) in [5.74, 6) is 0.398. The van der Waals surface area contributed by atoms with Gasteiger partial charge in [-0.1, -0.05) is 19.4 Å². The van der Waals surface area contributed by atoms with Gasteiger partial charge in [-0.15, -0.1) is 11.6 Å². The molecule has 0 atom stereocenters. The van der Waals surface area contributed by atoms with Crippen molar-refractivity contribution in [2.24, 2.45) is 0 Å². The van der Waals surface area contributed by atoms with Crippen LogP contribution in [-0.4, -0.2) is 4.92 Å². The fraction of sp³-hybridized carbons (Fsp3) is 0.400. The Morgan fingerprint density at radius 2 is 2.21 bits per heavy atom. The van der Waals surface area contributed by atoms with E-state index in [-0.39, 0.29) is 10.6 Å². The van der Waals surface area contributed by atoms with E-state index < -0.39 is 0 Å². The predicted octanol–water partition coefficient (Wildman–Crippen LogP) is 3.29. The number of nitro groups is 1. The van der Waals surface area contributed by atoms with E-state index in [4.69, 9.17) is 11.6 Å². The Morgan fingerprint density at radius 1 is 1.50 bits per heavy atom. The molecule has 1 rings (SSSR count). The monoisotopic (exact) mass is 213 g/mol. The molecule has 1 aromatic rings. The van der Waals surface area contributed by atoms with Gasteiger partial charge >= 0.3 is 0 Å². The highest BCUT2D eigenvalue weighted by atomic mass is 35.5. The largest absolute Gasteiger partial charge is 0.272 e. The molecule has 0 N–H and O–H groups in total. The minimum atomic E-state index is -0.344. The summed E-state index contributed by atoms with van der Waals surface area (Å²) in [6.07, 6.45) is 1.62. The zero-order valence-electron chi connectivity index (χ0n) is 8.00. The Hall–Kier alpha value is -1.09. The summed E-state index contributed by atoms with van der Waals surface area (Å²) in [4.78, 5) is 10.3. The second-order valence-corrected chi connectivity index (χ2v) is 3.37. The lowest BCUT2D eigenvalue weighted by Crippen LogP contribution is -1.96. The highest BCUT2D eigenvalue weighted by Crippen LogP contribution is 2.22. The second kappa shape index (κ2) is 4.96. The third-order valence-corrected chi connectivity index (χ3v) is 2.32. The average molecular weight is 214 g/mol. The van der Waals surface area contributed by atoms with Crippen molar-refractivity contribution in [1.29, 1.82) is 0 Å². The van der Waals surface area contributed by atoms with Crippen molar-refractivity contribution in [1.82, 2.24) is 0 Å². The molecule has 0 spiro atoms. The molecule has 0 aromatic heterocycles. The lowest BCUT2D eigenvalue weighted by atomic mass is 10.1. The van der Waals surface area contributed by atoms with Crippen LogP contribution < -0.4 is 0 Å². The van der Waals surface area contributed by atoms with Crippen molar-refractivity contribution in [3.8, 4) is 0 Å². The van der Waals surface area contributed by atoms with Gasteiger partial charge in [0, 0.05) is 17.5 Å². The molecule has 0 fully saturated rings. The Balaban J connectivity index is 3.10. The van der Waals surface area contributed by atoms with Gasteiger partial charge in [-0.25, -0.2) is 0 Å². The summed E-state index contributed by atoms with van der Waals surface area (Å²) < 4.78 is 0. The molecular weight excluding hydrogens is 202 g/mol. The van der Waals surface area contributed by atoms with Gasteiger partial charge < -0.3 is 0 Å². The molecule has 0 aliphatic carbocycles. The fourth-order valence-electron chi connectivity index (χ4n) is 1.37. The van der Waals surface area contributed by atoms with Crippen LogP contribution in [0.25, 0.3) is 0 Å². The maximum Gasteiger partial charge on any atom is 0.272 e. The zero-order chi connectivity index (χ0) is 10.6. The predicted molar refractivity (Wildman–Crippen MR) is 56.6 cm³/mol. The van der Waals surface area contributed by atoms with Crippen molar-refractivity contribution in [3.05, 3.63) is 39.4 Å². The van der Waals surface area contributed by atoms with Crippen LogP contribution in [0.1, 0.15) is 24.5 Å². The number of aryl methyl sites for hydroxylation is 1. The Labute approximate surface area is 87.8 Å². The van der Waals surface area contributed by atoms with E-state index in [1.54, 1.807) is 6.07 Å². The molecule has 0 amide bonds. The standard InChI is InChI=1S/C10H12ClNO2/c1-2-3-9-6-8(7-11)4-5-10(9)12(13)14/h4-6H,2-3,7H2,1H3. The van der Waals surface area contributed by atoms with E-state index in [9.17, 15) is 10.1 Å². The minimum Gasteiger partial charge on any atom is -0.258 e. The molecule has 0 aliphatic heterocycles. The number of halogens is 1. The van der Waals surface area contributed by atoms with Crippen LogP contribution in [0.2, 0.25) is 0 Å². The van der Waals surface area contributed by atoms with E-state index in [1.807, 2.05) is 13.0 Å². The number of hydrogen-bond donors (Lipinski definition) is 0. The third kappa shape index (κ3) is 2.45. The molecule has 0 unspecified atom stereocenters. The maximum absolute atomic E-state index is 10.7. The summed E-state index contributed by atoms with van der Waals surface area (Å²) >= 11 is 5.66. The Bertz CT molecular complexity index is 339. The number of nitro benzene ring substituents is 1. The topological polar surface area (TPSA) is 43.1 Å². The number of alkyl halides is 1. The molecule has 4 heteroatoms. The summed E-state index contributed by atoms with van der Waals surface area (Å²) in [6.45, 7) is 2.00. The summed E-state index contributed by atoms with van der Waals surface area (Å²) in [6, 6.07) is 5.04. The molecule has 0 radical (unpaired) electrons. The number of rotatable bonds is 4. The van der Waals surface area contributed by atoms with Gasteiger partial charge in [-0.3, -0.25) is 10.1 Å². The van der Waals surface area contributed by atoms with Crippen LogP contribution in [0, 0.1) is 10.1 Å². The summed E-state index contributed by atoms with van der Waals surface area (Å²) in [5.41, 5.74) is 1.90. The molecule has 76 valence electrons. The van der Waals surface area contributed by atoms with Gasteiger partial charge in [-0.05, 0) is 18.1 Å². The van der Waals surface area contributed by atoms with Gasteiger partial charge in [0.15, 0.2) is 0 Å². The molecule has 1 aromatic carbocycles. The van der Waals surface area contributed by atoms with Crippen LogP contribution in [0.3, 0.4) is 0 Å². The van der Waals surface area contributed by atoms with Crippen molar-refractivity contribution in [2.75, 3.05) is 0 Å². The number of benzene rings is 1. The molecule has 0 aliphatic rings. The molecular formula is C10H12ClNO2. The van der Waals surface area contributed by atoms with Crippen molar-refractivity contribution in [2.45, 2.75) is 25.6 Å². The number of hydrogen-bond acceptors (Lipinski definition) is 2. The quantitative estimate of drug-likeness (QED) is 0.438. The SMILES string of the molecule is CCCc1cc(CCl)ccc1[N+](=O)[O-]. The van der Waals surface area contributed by atoms with E-state index in [0.29, 0.717) is 5.88 Å². The lowest BCUT2D eigenvalue weighted by molar-refractivity contribution is -0.385. The van der Waals surface area contributed by atoms with E-state index in [1.165, 1.54) is 6.07 Å². The van der Waals surface area contributed by atoms with E-state index in [0.717, 1.165) is 24.0 Å². The second-order valence-electron chi connectivity index (χ2n) is 3.10. The highest BCUT2D eigenvalue weighted by molar-refractivity contribution is 6.17. The first kappa shape index (κ1) is 11.0. The smallest absolute Gasteiger partial charge is 0.258 e. The van der Waals surface area contributed by atoms with Crippen LogP contribution in [0.4, 0.5) is 5.69 Å². The first-order chi connectivity index (χ1) is 6.69. The fourth-order valence-corrected chi connectivity index (χ4v) is 1.54. The molecule has 3 nitrogen and oxygen atoms in total. The average Bonchev–Trinajstić information content (AvgIpc) is 2.17. The van der Waals surface area contributed by atoms with Crippen molar-refractivity contribution >= 4 is 17.3 Å². The number of nitrogens with zero attached hydrogens (tertiary/aromatic N) is 1. The van der Waals surface area contributed by atoms with Crippen LogP contribution in [-0.2, 0) is 12.3 Å². The van der Waals surface area contributed by atoms with Gasteiger partial charge in [0.25, 0.3) is 5.69 Å². The molecule has 0 heterocycles. The van der Waals surface area contributed by atoms with Gasteiger partial charge in [0.1, 0.15) is 0 Å². The van der Waals surface area contributed by atoms with Gasteiger partial charge in [0.05, 0.1) is 4.92 Å². The molecule has 14 heavy (non-hydrogen) atoms. The van der Waals surface area contributed by atoms with Crippen LogP contribution in [0.15, 0.2) is 18.2 Å². The van der Waals surface area contributed by atoms with Crippen molar-refractivity contribution < 1.29 is 4.92 Å². The molecule has 0 saturated heterocycles. The van der Waals surface area contributed by atoms with Crippen LogP contribution in [0.5, 0.6) is 0 Å². The van der Waals surface area contributed by atoms with Gasteiger partial charge in [-0.2, -0.15) is 0 Å². The summed E-state index contributed by atoms with van der Waals surface area (Å²) in [7, 11) is 0. The first-order valence-corrected chi connectivity index (χ1v) is 5.04. The highest BCUT2D eigenvalue weighted by Gasteiger charge is 2.12. The summed E-state index contributed by atoms with van der Waals surface area (Å²) in [5, 5.41) is 10.7. The third-order valence-electron chi connectivity index (χ3n) is 2.01. The zero-order valence-corrected chi connectivity index (χ0v) is 8.75. The normalized spacial score (nSPS) is 10.1. The lowest BCUT2D eigenvalue weighted by Gasteiger charge is -2.02.